The van der Waals surface area contributed by atoms with E-state index in [1.54, 1.807) is 24.4 Å². The van der Waals surface area contributed by atoms with E-state index in [0.29, 0.717) is 9.50 Å². The highest BCUT2D eigenvalue weighted by Crippen LogP contribution is 2.29. The smallest absolute Gasteiger partial charge is 0.339 e. The van der Waals surface area contributed by atoms with Gasteiger partial charge in [0, 0.05) is 11.2 Å². The van der Waals surface area contributed by atoms with Gasteiger partial charge in [0.2, 0.25) is 0 Å². The molecule has 144 valence electrons. The average molecular weight is 479 g/mol. The van der Waals surface area contributed by atoms with Gasteiger partial charge in [-0.1, -0.05) is 17.7 Å². The van der Waals surface area contributed by atoms with E-state index in [9.17, 15) is 8.42 Å². The Morgan fingerprint density at radius 1 is 0.964 bits per heavy atom. The van der Waals surface area contributed by atoms with Crippen molar-refractivity contribution in [2.45, 2.75) is 18.7 Å². The van der Waals surface area contributed by atoms with Gasteiger partial charge in [-0.3, -0.25) is 4.99 Å². The first-order valence-corrected chi connectivity index (χ1v) is 10.9. The molecular weight excluding hydrogens is 462 g/mol. The molecule has 3 rings (SSSR count). The van der Waals surface area contributed by atoms with E-state index in [-0.39, 0.29) is 10.6 Å². The van der Waals surface area contributed by atoms with Crippen LogP contribution in [0.2, 0.25) is 5.02 Å². The van der Waals surface area contributed by atoms with Crippen LogP contribution >= 0.6 is 27.5 Å². The van der Waals surface area contributed by atoms with Gasteiger partial charge in [0.15, 0.2) is 5.75 Å². The molecule has 0 saturated heterocycles. The SMILES string of the molecule is Cc1ccc(N=Cc2ccc(OS(=O)(=O)c3ccc(Cl)cc3)c(Br)c2)cc1C. The van der Waals surface area contributed by atoms with Crippen LogP contribution in [0.15, 0.2) is 75.0 Å². The van der Waals surface area contributed by atoms with Gasteiger partial charge >= 0.3 is 10.1 Å². The number of nitrogens with zero attached hydrogens (tertiary/aromatic N) is 1. The second-order valence-electron chi connectivity index (χ2n) is 6.21. The molecule has 0 aromatic heterocycles. The molecule has 3 aromatic rings. The molecule has 0 N–H and O–H groups in total. The largest absolute Gasteiger partial charge is 0.378 e. The number of aryl methyl sites for hydroxylation is 2. The number of halogens is 2. The molecule has 0 fully saturated rings. The topological polar surface area (TPSA) is 55.7 Å². The summed E-state index contributed by atoms with van der Waals surface area (Å²) in [5, 5.41) is 0.451. The minimum atomic E-state index is -3.95. The molecular formula is C21H17BrClNO3S. The highest BCUT2D eigenvalue weighted by molar-refractivity contribution is 9.10. The highest BCUT2D eigenvalue weighted by Gasteiger charge is 2.18. The van der Waals surface area contributed by atoms with Crippen LogP contribution in [0.25, 0.3) is 0 Å². The van der Waals surface area contributed by atoms with Crippen molar-refractivity contribution in [2.24, 2.45) is 4.99 Å². The first-order valence-electron chi connectivity index (χ1n) is 8.35. The molecule has 0 saturated carbocycles. The van der Waals surface area contributed by atoms with Gasteiger partial charge in [-0.05, 0) is 101 Å². The van der Waals surface area contributed by atoms with Crippen LogP contribution in [0.4, 0.5) is 5.69 Å². The minimum absolute atomic E-state index is 0.0316. The fourth-order valence-corrected chi connectivity index (χ4v) is 4.05. The summed E-state index contributed by atoms with van der Waals surface area (Å²) < 4.78 is 30.6. The van der Waals surface area contributed by atoms with Crippen molar-refractivity contribution in [2.75, 3.05) is 0 Å². The van der Waals surface area contributed by atoms with Crippen molar-refractivity contribution in [3.05, 3.63) is 86.8 Å². The molecule has 28 heavy (non-hydrogen) atoms. The van der Waals surface area contributed by atoms with Gasteiger partial charge in [-0.2, -0.15) is 8.42 Å². The Balaban J connectivity index is 1.79. The van der Waals surface area contributed by atoms with Crippen molar-refractivity contribution in [3.63, 3.8) is 0 Å². The van der Waals surface area contributed by atoms with Crippen molar-refractivity contribution in [1.29, 1.82) is 0 Å². The van der Waals surface area contributed by atoms with Gasteiger partial charge in [-0.25, -0.2) is 0 Å². The first-order chi connectivity index (χ1) is 13.2. The summed E-state index contributed by atoms with van der Waals surface area (Å²) in [5.74, 6) is 0.193. The van der Waals surface area contributed by atoms with E-state index in [2.05, 4.69) is 27.8 Å². The normalized spacial score (nSPS) is 11.7. The lowest BCUT2D eigenvalue weighted by molar-refractivity contribution is 0.484. The lowest BCUT2D eigenvalue weighted by atomic mass is 10.1. The van der Waals surface area contributed by atoms with Crippen molar-refractivity contribution in [1.82, 2.24) is 0 Å². The van der Waals surface area contributed by atoms with Crippen molar-refractivity contribution >= 4 is 49.6 Å². The summed E-state index contributed by atoms with van der Waals surface area (Å²) in [7, 11) is -3.95. The van der Waals surface area contributed by atoms with E-state index in [1.807, 2.05) is 25.1 Å². The molecule has 0 unspecified atom stereocenters. The molecule has 4 nitrogen and oxygen atoms in total. The number of aliphatic imine (C=N–C) groups is 1. The van der Waals surface area contributed by atoms with Crippen molar-refractivity contribution in [3.8, 4) is 5.75 Å². The van der Waals surface area contributed by atoms with Gasteiger partial charge in [0.05, 0.1) is 10.2 Å². The van der Waals surface area contributed by atoms with Crippen LogP contribution in [0, 0.1) is 13.8 Å². The van der Waals surface area contributed by atoms with E-state index in [1.165, 1.54) is 35.4 Å². The summed E-state index contributed by atoms with van der Waals surface area (Å²) in [6, 6.07) is 16.8. The lowest BCUT2D eigenvalue weighted by Crippen LogP contribution is -2.10. The van der Waals surface area contributed by atoms with Crippen LogP contribution in [-0.2, 0) is 10.1 Å². The Morgan fingerprint density at radius 2 is 1.68 bits per heavy atom. The van der Waals surface area contributed by atoms with E-state index < -0.39 is 10.1 Å². The van der Waals surface area contributed by atoms with Crippen LogP contribution in [0.1, 0.15) is 16.7 Å². The van der Waals surface area contributed by atoms with Gasteiger partial charge in [0.25, 0.3) is 0 Å². The standard InChI is InChI=1S/C21H17BrClNO3S/c1-14-3-7-18(11-15(14)2)24-13-16-4-10-21(20(22)12-16)27-28(25,26)19-8-5-17(23)6-9-19/h3-13H,1-2H3. The zero-order valence-corrected chi connectivity index (χ0v) is 18.3. The summed E-state index contributed by atoms with van der Waals surface area (Å²) in [4.78, 5) is 4.49. The molecule has 0 amide bonds. The molecule has 0 radical (unpaired) electrons. The predicted octanol–water partition coefficient (Wildman–Crippen LogP) is 6.24. The Kier molecular flexibility index (Phi) is 6.23. The number of hydrogen-bond donors (Lipinski definition) is 0. The number of hydrogen-bond acceptors (Lipinski definition) is 4. The Hall–Kier alpha value is -2.15. The molecule has 0 aliphatic heterocycles. The van der Waals surface area contributed by atoms with Gasteiger partial charge in [-0.15, -0.1) is 0 Å². The van der Waals surface area contributed by atoms with Crippen LogP contribution in [-0.4, -0.2) is 14.6 Å². The molecule has 3 aromatic carbocycles. The van der Waals surface area contributed by atoms with Crippen molar-refractivity contribution < 1.29 is 12.6 Å². The summed E-state index contributed by atoms with van der Waals surface area (Å²) in [6.07, 6.45) is 1.71. The van der Waals surface area contributed by atoms with Crippen LogP contribution < -0.4 is 4.18 Å². The maximum absolute atomic E-state index is 12.4. The van der Waals surface area contributed by atoms with Crippen LogP contribution in [0.5, 0.6) is 5.75 Å². The van der Waals surface area contributed by atoms with Gasteiger partial charge < -0.3 is 4.18 Å². The Bertz CT molecular complexity index is 1140. The molecule has 0 bridgehead atoms. The summed E-state index contributed by atoms with van der Waals surface area (Å²) in [6.45, 7) is 4.09. The minimum Gasteiger partial charge on any atom is -0.378 e. The summed E-state index contributed by atoms with van der Waals surface area (Å²) >= 11 is 9.16. The quantitative estimate of drug-likeness (QED) is 0.322. The summed E-state index contributed by atoms with van der Waals surface area (Å²) in [5.41, 5.74) is 4.04. The maximum atomic E-state index is 12.4. The maximum Gasteiger partial charge on any atom is 0.339 e. The number of rotatable bonds is 5. The molecule has 0 aliphatic rings. The van der Waals surface area contributed by atoms with E-state index in [4.69, 9.17) is 15.8 Å². The van der Waals surface area contributed by atoms with Crippen LogP contribution in [0.3, 0.4) is 0 Å². The number of benzene rings is 3. The fourth-order valence-electron chi connectivity index (χ4n) is 2.39. The third-order valence-corrected chi connectivity index (χ3v) is 6.23. The Morgan fingerprint density at radius 3 is 2.32 bits per heavy atom. The monoisotopic (exact) mass is 477 g/mol. The Labute approximate surface area is 178 Å². The molecule has 0 aliphatic carbocycles. The average Bonchev–Trinajstić information content (AvgIpc) is 2.65. The second kappa shape index (κ2) is 8.47. The molecule has 0 spiro atoms. The molecule has 0 heterocycles. The zero-order chi connectivity index (χ0) is 20.3. The third-order valence-electron chi connectivity index (χ3n) is 4.11. The zero-order valence-electron chi connectivity index (χ0n) is 15.2. The predicted molar refractivity (Wildman–Crippen MR) is 117 cm³/mol. The second-order valence-corrected chi connectivity index (χ2v) is 9.05. The van der Waals surface area contributed by atoms with E-state index >= 15 is 0 Å². The molecule has 0 atom stereocenters. The first kappa shape index (κ1) is 20.6. The molecule has 7 heteroatoms. The fraction of sp³-hybridized carbons (Fsp3) is 0.0952. The third kappa shape index (κ3) is 5.01. The lowest BCUT2D eigenvalue weighted by Gasteiger charge is -2.09. The van der Waals surface area contributed by atoms with E-state index in [0.717, 1.165) is 11.3 Å². The highest BCUT2D eigenvalue weighted by atomic mass is 79.9. The van der Waals surface area contributed by atoms with Gasteiger partial charge in [0.1, 0.15) is 4.90 Å².